The van der Waals surface area contributed by atoms with Gasteiger partial charge in [0.2, 0.25) is 5.91 Å². The molecule has 0 radical (unpaired) electrons. The van der Waals surface area contributed by atoms with Gasteiger partial charge >= 0.3 is 0 Å². The van der Waals surface area contributed by atoms with Crippen molar-refractivity contribution in [3.63, 3.8) is 0 Å². The third kappa shape index (κ3) is 2.17. The zero-order valence-corrected chi connectivity index (χ0v) is 10.5. The molecule has 0 aromatic carbocycles. The number of amides is 2. The van der Waals surface area contributed by atoms with Crippen molar-refractivity contribution in [1.82, 2.24) is 9.88 Å². The second-order valence-corrected chi connectivity index (χ2v) is 4.42. The van der Waals surface area contributed by atoms with Crippen molar-refractivity contribution >= 4 is 34.7 Å². The van der Waals surface area contributed by atoms with Gasteiger partial charge in [-0.2, -0.15) is 0 Å². The number of nitrogens with zero attached hydrogens (tertiary/aromatic N) is 2. The summed E-state index contributed by atoms with van der Waals surface area (Å²) >= 11 is 4.91. The highest BCUT2D eigenvalue weighted by molar-refractivity contribution is 7.80. The number of anilines is 1. The van der Waals surface area contributed by atoms with Gasteiger partial charge in [0.05, 0.1) is 18.3 Å². The average molecular weight is 264 g/mol. The summed E-state index contributed by atoms with van der Waals surface area (Å²) in [5, 5.41) is 2.96. The Morgan fingerprint density at radius 3 is 2.89 bits per heavy atom. The molecule has 1 aromatic rings. The van der Waals surface area contributed by atoms with Crippen LogP contribution in [0.3, 0.4) is 0 Å². The highest BCUT2D eigenvalue weighted by Gasteiger charge is 2.36. The van der Waals surface area contributed by atoms with Gasteiger partial charge in [-0.1, -0.05) is 12.2 Å². The van der Waals surface area contributed by atoms with Crippen LogP contribution in [-0.4, -0.2) is 39.8 Å². The number of carbonyl (C=O) groups is 2. The van der Waals surface area contributed by atoms with Gasteiger partial charge < -0.3 is 11.1 Å². The molecule has 1 aliphatic rings. The molecule has 2 rings (SSSR count). The van der Waals surface area contributed by atoms with Crippen molar-refractivity contribution < 1.29 is 9.59 Å². The van der Waals surface area contributed by atoms with Crippen LogP contribution in [0.4, 0.5) is 5.69 Å². The van der Waals surface area contributed by atoms with E-state index in [1.807, 2.05) is 0 Å². The van der Waals surface area contributed by atoms with Gasteiger partial charge in [0.1, 0.15) is 11.0 Å². The Bertz CT molecular complexity index is 532. The summed E-state index contributed by atoms with van der Waals surface area (Å²) in [5.74, 6) is -0.476. The molecule has 18 heavy (non-hydrogen) atoms. The molecular weight excluding hydrogens is 252 g/mol. The van der Waals surface area contributed by atoms with Crippen LogP contribution in [0.2, 0.25) is 0 Å². The van der Waals surface area contributed by atoms with Gasteiger partial charge in [0.15, 0.2) is 0 Å². The standard InChI is InChI=1S/C11H12N4O2S/c1-15-9(16)4-7(11(15)17)14-8-5-13-3-2-6(8)10(12)18/h2-3,5,7,14H,4H2,1H3,(H2,12,18). The number of hydrogen-bond acceptors (Lipinski definition) is 5. The maximum atomic E-state index is 11.8. The van der Waals surface area contributed by atoms with E-state index < -0.39 is 6.04 Å². The SMILES string of the molecule is CN1C(=O)CC(Nc2cnccc2C(N)=S)C1=O. The van der Waals surface area contributed by atoms with Crippen LogP contribution < -0.4 is 11.1 Å². The number of imide groups is 1. The van der Waals surface area contributed by atoms with Gasteiger partial charge in [-0.05, 0) is 6.07 Å². The Morgan fingerprint density at radius 2 is 2.33 bits per heavy atom. The summed E-state index contributed by atoms with van der Waals surface area (Å²) in [4.78, 5) is 28.4. The number of rotatable bonds is 3. The number of hydrogen-bond donors (Lipinski definition) is 2. The fourth-order valence-electron chi connectivity index (χ4n) is 1.78. The van der Waals surface area contributed by atoms with Gasteiger partial charge in [0, 0.05) is 18.8 Å². The number of pyridine rings is 1. The Labute approximate surface area is 109 Å². The smallest absolute Gasteiger partial charge is 0.251 e. The fourth-order valence-corrected chi connectivity index (χ4v) is 1.96. The summed E-state index contributed by atoms with van der Waals surface area (Å²) in [6.45, 7) is 0. The molecule has 6 nitrogen and oxygen atoms in total. The minimum Gasteiger partial charge on any atom is -0.389 e. The van der Waals surface area contributed by atoms with Crippen LogP contribution in [0.25, 0.3) is 0 Å². The van der Waals surface area contributed by atoms with Gasteiger partial charge in [0.25, 0.3) is 5.91 Å². The minimum absolute atomic E-state index is 0.126. The fraction of sp³-hybridized carbons (Fsp3) is 0.273. The van der Waals surface area contributed by atoms with E-state index >= 15 is 0 Å². The Kier molecular flexibility index (Phi) is 3.24. The van der Waals surface area contributed by atoms with Crippen LogP contribution in [0.5, 0.6) is 0 Å². The maximum Gasteiger partial charge on any atom is 0.251 e. The van der Waals surface area contributed by atoms with E-state index in [1.54, 1.807) is 12.3 Å². The summed E-state index contributed by atoms with van der Waals surface area (Å²) in [6.07, 6.45) is 3.22. The molecule has 0 saturated carbocycles. The molecule has 3 N–H and O–H groups in total. The lowest BCUT2D eigenvalue weighted by molar-refractivity contribution is -0.136. The maximum absolute atomic E-state index is 11.8. The number of nitrogens with one attached hydrogen (secondary N) is 1. The lowest BCUT2D eigenvalue weighted by atomic mass is 10.2. The first-order chi connectivity index (χ1) is 8.50. The molecule has 1 unspecified atom stereocenters. The molecule has 1 atom stereocenters. The predicted molar refractivity (Wildman–Crippen MR) is 69.9 cm³/mol. The number of thiocarbonyl (C=S) groups is 1. The lowest BCUT2D eigenvalue weighted by Gasteiger charge is -2.14. The van der Waals surface area contributed by atoms with E-state index in [4.69, 9.17) is 18.0 Å². The van der Waals surface area contributed by atoms with Crippen molar-refractivity contribution in [3.8, 4) is 0 Å². The zero-order chi connectivity index (χ0) is 13.3. The monoisotopic (exact) mass is 264 g/mol. The van der Waals surface area contributed by atoms with Gasteiger partial charge in [-0.3, -0.25) is 19.5 Å². The van der Waals surface area contributed by atoms with Crippen molar-refractivity contribution in [3.05, 3.63) is 24.0 Å². The normalized spacial score (nSPS) is 19.2. The van der Waals surface area contributed by atoms with E-state index in [1.165, 1.54) is 13.2 Å². The third-order valence-corrected chi connectivity index (χ3v) is 3.02. The lowest BCUT2D eigenvalue weighted by Crippen LogP contribution is -2.32. The largest absolute Gasteiger partial charge is 0.389 e. The van der Waals surface area contributed by atoms with Gasteiger partial charge in [-0.15, -0.1) is 0 Å². The second kappa shape index (κ2) is 4.69. The topological polar surface area (TPSA) is 88.3 Å². The van der Waals surface area contributed by atoms with Crippen LogP contribution in [-0.2, 0) is 9.59 Å². The van der Waals surface area contributed by atoms with Crippen LogP contribution in [0.15, 0.2) is 18.5 Å². The van der Waals surface area contributed by atoms with Crippen molar-refractivity contribution in [2.75, 3.05) is 12.4 Å². The number of likely N-dealkylation sites (N-methyl/N-ethyl adjacent to an activating group) is 1. The molecule has 2 heterocycles. The Hall–Kier alpha value is -2.02. The first-order valence-corrected chi connectivity index (χ1v) is 5.72. The molecule has 1 fully saturated rings. The predicted octanol–water partition coefficient (Wildman–Crippen LogP) is -0.115. The van der Waals surface area contributed by atoms with E-state index in [0.717, 1.165) is 4.90 Å². The van der Waals surface area contributed by atoms with Crippen LogP contribution in [0, 0.1) is 0 Å². The van der Waals surface area contributed by atoms with Crippen LogP contribution >= 0.6 is 12.2 Å². The average Bonchev–Trinajstić information content (AvgIpc) is 2.57. The van der Waals surface area contributed by atoms with Crippen molar-refractivity contribution in [2.45, 2.75) is 12.5 Å². The molecule has 0 spiro atoms. The molecule has 0 aliphatic carbocycles. The van der Waals surface area contributed by atoms with E-state index in [-0.39, 0.29) is 23.2 Å². The Morgan fingerprint density at radius 1 is 1.61 bits per heavy atom. The van der Waals surface area contributed by atoms with E-state index in [0.29, 0.717) is 11.3 Å². The first-order valence-electron chi connectivity index (χ1n) is 5.31. The van der Waals surface area contributed by atoms with E-state index in [2.05, 4.69) is 10.3 Å². The summed E-state index contributed by atoms with van der Waals surface area (Å²) < 4.78 is 0. The van der Waals surface area contributed by atoms with Crippen LogP contribution in [0.1, 0.15) is 12.0 Å². The van der Waals surface area contributed by atoms with E-state index in [9.17, 15) is 9.59 Å². The molecule has 94 valence electrons. The van der Waals surface area contributed by atoms with Crippen molar-refractivity contribution in [2.24, 2.45) is 5.73 Å². The molecule has 1 saturated heterocycles. The molecule has 0 bridgehead atoms. The molecular formula is C11H12N4O2S. The summed E-state index contributed by atoms with van der Waals surface area (Å²) in [5.41, 5.74) is 6.75. The molecule has 1 aliphatic heterocycles. The second-order valence-electron chi connectivity index (χ2n) is 3.98. The first kappa shape index (κ1) is 12.4. The molecule has 1 aromatic heterocycles. The number of carbonyl (C=O) groups excluding carboxylic acids is 2. The number of nitrogens with two attached hydrogens (primary N) is 1. The third-order valence-electron chi connectivity index (χ3n) is 2.80. The number of likely N-dealkylation sites (tertiary alicyclic amines) is 1. The zero-order valence-electron chi connectivity index (χ0n) is 9.71. The summed E-state index contributed by atoms with van der Waals surface area (Å²) in [6, 6.07) is 1.08. The summed E-state index contributed by atoms with van der Waals surface area (Å²) in [7, 11) is 1.46. The van der Waals surface area contributed by atoms with Crippen molar-refractivity contribution in [1.29, 1.82) is 0 Å². The Balaban J connectivity index is 2.23. The molecule has 2 amide bonds. The highest BCUT2D eigenvalue weighted by Crippen LogP contribution is 2.19. The minimum atomic E-state index is -0.584. The van der Waals surface area contributed by atoms with Gasteiger partial charge in [-0.25, -0.2) is 0 Å². The highest BCUT2D eigenvalue weighted by atomic mass is 32.1. The quantitative estimate of drug-likeness (QED) is 0.585. The molecule has 7 heteroatoms. The number of aromatic nitrogens is 1.